The van der Waals surface area contributed by atoms with E-state index in [4.69, 9.17) is 0 Å². The molecular weight excluding hydrogens is 280 g/mol. The summed E-state index contributed by atoms with van der Waals surface area (Å²) in [5.41, 5.74) is 0.528. The summed E-state index contributed by atoms with van der Waals surface area (Å²) >= 11 is 3.30. The molecule has 17 heavy (non-hydrogen) atoms. The molecule has 1 aromatic heterocycles. The average molecular weight is 297 g/mol. The number of nitrogens with zero attached hydrogens (tertiary/aromatic N) is 2. The summed E-state index contributed by atoms with van der Waals surface area (Å²) < 4.78 is 0.711. The van der Waals surface area contributed by atoms with Gasteiger partial charge >= 0.3 is 0 Å². The molecule has 0 aliphatic heterocycles. The van der Waals surface area contributed by atoms with Crippen LogP contribution < -0.4 is 0 Å². The van der Waals surface area contributed by atoms with E-state index in [0.717, 1.165) is 13.1 Å². The van der Waals surface area contributed by atoms with Gasteiger partial charge in [0.2, 0.25) is 0 Å². The van der Waals surface area contributed by atoms with Crippen LogP contribution in [0.25, 0.3) is 0 Å². The molecule has 0 saturated heterocycles. The highest BCUT2D eigenvalue weighted by Crippen LogP contribution is 2.27. The molecule has 1 fully saturated rings. The zero-order chi connectivity index (χ0) is 12.3. The molecule has 4 heteroatoms. The highest BCUT2D eigenvalue weighted by molar-refractivity contribution is 9.10. The molecule has 1 aromatic rings. The van der Waals surface area contributed by atoms with Gasteiger partial charge in [-0.25, -0.2) is 4.98 Å². The van der Waals surface area contributed by atoms with Gasteiger partial charge < -0.3 is 4.90 Å². The van der Waals surface area contributed by atoms with Gasteiger partial charge in [-0.05, 0) is 53.7 Å². The van der Waals surface area contributed by atoms with Gasteiger partial charge in [0.05, 0.1) is 0 Å². The Morgan fingerprint density at radius 1 is 1.53 bits per heavy atom. The van der Waals surface area contributed by atoms with Crippen molar-refractivity contribution in [1.82, 2.24) is 9.88 Å². The standard InChI is InChI=1S/C13H17BrN2O/c1-2-16(9-10-5-3-6-10)13(17)11-7-4-8-12(14)15-11/h4,7-8,10H,2-3,5-6,9H2,1H3. The summed E-state index contributed by atoms with van der Waals surface area (Å²) in [5, 5.41) is 0. The van der Waals surface area contributed by atoms with Crippen molar-refractivity contribution in [3.8, 4) is 0 Å². The molecule has 1 amide bonds. The molecule has 3 nitrogen and oxygen atoms in total. The fraction of sp³-hybridized carbons (Fsp3) is 0.538. The number of hydrogen-bond donors (Lipinski definition) is 0. The van der Waals surface area contributed by atoms with E-state index in [1.54, 1.807) is 6.07 Å². The van der Waals surface area contributed by atoms with Gasteiger partial charge in [-0.3, -0.25) is 4.79 Å². The van der Waals surface area contributed by atoms with Gasteiger partial charge in [0.25, 0.3) is 5.91 Å². The zero-order valence-electron chi connectivity index (χ0n) is 10.0. The topological polar surface area (TPSA) is 33.2 Å². The van der Waals surface area contributed by atoms with Crippen LogP contribution in [0.4, 0.5) is 0 Å². The van der Waals surface area contributed by atoms with E-state index in [-0.39, 0.29) is 5.91 Å². The molecule has 1 saturated carbocycles. The quantitative estimate of drug-likeness (QED) is 0.800. The van der Waals surface area contributed by atoms with Gasteiger partial charge in [-0.2, -0.15) is 0 Å². The normalized spacial score (nSPS) is 15.4. The first kappa shape index (κ1) is 12.6. The SMILES string of the molecule is CCN(CC1CCC1)C(=O)c1cccc(Br)n1. The maximum Gasteiger partial charge on any atom is 0.272 e. The predicted molar refractivity (Wildman–Crippen MR) is 70.9 cm³/mol. The Balaban J connectivity index is 2.05. The van der Waals surface area contributed by atoms with Crippen LogP contribution in [0.3, 0.4) is 0 Å². The van der Waals surface area contributed by atoms with Crippen LogP contribution >= 0.6 is 15.9 Å². The summed E-state index contributed by atoms with van der Waals surface area (Å²) in [6.07, 6.45) is 3.83. The fourth-order valence-electron chi connectivity index (χ4n) is 2.03. The lowest BCUT2D eigenvalue weighted by molar-refractivity contribution is 0.0700. The molecule has 0 N–H and O–H groups in total. The van der Waals surface area contributed by atoms with E-state index in [1.165, 1.54) is 19.3 Å². The summed E-state index contributed by atoms with van der Waals surface area (Å²) in [5.74, 6) is 0.742. The molecule has 0 aromatic carbocycles. The molecule has 1 aliphatic carbocycles. The first-order valence-corrected chi connectivity index (χ1v) is 6.92. The zero-order valence-corrected chi connectivity index (χ0v) is 11.6. The van der Waals surface area contributed by atoms with E-state index in [9.17, 15) is 4.79 Å². The maximum absolute atomic E-state index is 12.2. The van der Waals surface area contributed by atoms with E-state index in [1.807, 2.05) is 24.0 Å². The summed E-state index contributed by atoms with van der Waals surface area (Å²) in [7, 11) is 0. The summed E-state index contributed by atoms with van der Waals surface area (Å²) in [6.45, 7) is 3.65. The first-order valence-electron chi connectivity index (χ1n) is 6.12. The van der Waals surface area contributed by atoms with Crippen LogP contribution in [0.15, 0.2) is 22.8 Å². The second-order valence-electron chi connectivity index (χ2n) is 4.49. The van der Waals surface area contributed by atoms with Crippen LogP contribution in [-0.2, 0) is 0 Å². The third-order valence-electron chi connectivity index (χ3n) is 3.31. The van der Waals surface area contributed by atoms with Gasteiger partial charge in [0.1, 0.15) is 10.3 Å². The Kier molecular flexibility index (Phi) is 4.15. The van der Waals surface area contributed by atoms with Crippen LogP contribution in [0.5, 0.6) is 0 Å². The Morgan fingerprint density at radius 2 is 2.29 bits per heavy atom. The summed E-state index contributed by atoms with van der Waals surface area (Å²) in [6, 6.07) is 5.46. The van der Waals surface area contributed by atoms with Gasteiger partial charge in [-0.15, -0.1) is 0 Å². The van der Waals surface area contributed by atoms with Crippen molar-refractivity contribution in [1.29, 1.82) is 0 Å². The number of rotatable bonds is 4. The van der Waals surface area contributed by atoms with Gasteiger partial charge in [0.15, 0.2) is 0 Å². The molecule has 0 spiro atoms. The van der Waals surface area contributed by atoms with Crippen molar-refractivity contribution in [2.45, 2.75) is 26.2 Å². The Bertz CT molecular complexity index is 404. The van der Waals surface area contributed by atoms with Crippen LogP contribution in [0, 0.1) is 5.92 Å². The third kappa shape index (κ3) is 3.06. The van der Waals surface area contributed by atoms with E-state index in [0.29, 0.717) is 16.2 Å². The second-order valence-corrected chi connectivity index (χ2v) is 5.30. The number of aromatic nitrogens is 1. The number of pyridine rings is 1. The number of hydrogen-bond acceptors (Lipinski definition) is 2. The molecule has 0 bridgehead atoms. The van der Waals surface area contributed by atoms with Crippen molar-refractivity contribution in [2.24, 2.45) is 5.92 Å². The molecular formula is C13H17BrN2O. The van der Waals surface area contributed by atoms with Gasteiger partial charge in [0, 0.05) is 13.1 Å². The van der Waals surface area contributed by atoms with E-state index >= 15 is 0 Å². The molecule has 2 rings (SSSR count). The number of carbonyl (C=O) groups excluding carboxylic acids is 1. The van der Waals surface area contributed by atoms with E-state index < -0.39 is 0 Å². The molecule has 1 heterocycles. The summed E-state index contributed by atoms with van der Waals surface area (Å²) in [4.78, 5) is 18.4. The monoisotopic (exact) mass is 296 g/mol. The molecule has 1 aliphatic rings. The smallest absolute Gasteiger partial charge is 0.272 e. The lowest BCUT2D eigenvalue weighted by Crippen LogP contribution is -2.37. The number of amides is 1. The third-order valence-corrected chi connectivity index (χ3v) is 3.75. The predicted octanol–water partition coefficient (Wildman–Crippen LogP) is 3.11. The minimum Gasteiger partial charge on any atom is -0.337 e. The first-order chi connectivity index (χ1) is 8.20. The highest BCUT2D eigenvalue weighted by atomic mass is 79.9. The van der Waals surface area contributed by atoms with Crippen molar-refractivity contribution < 1.29 is 4.79 Å². The van der Waals surface area contributed by atoms with Crippen LogP contribution in [0.1, 0.15) is 36.7 Å². The molecule has 0 atom stereocenters. The largest absolute Gasteiger partial charge is 0.337 e. The Labute approximate surface area is 110 Å². The average Bonchev–Trinajstić information content (AvgIpc) is 2.27. The van der Waals surface area contributed by atoms with Crippen molar-refractivity contribution in [2.75, 3.05) is 13.1 Å². The molecule has 0 radical (unpaired) electrons. The second kappa shape index (κ2) is 5.63. The van der Waals surface area contributed by atoms with Crippen molar-refractivity contribution >= 4 is 21.8 Å². The van der Waals surface area contributed by atoms with E-state index in [2.05, 4.69) is 20.9 Å². The van der Waals surface area contributed by atoms with Crippen molar-refractivity contribution in [3.63, 3.8) is 0 Å². The lowest BCUT2D eigenvalue weighted by atomic mass is 9.85. The number of halogens is 1. The maximum atomic E-state index is 12.2. The molecule has 92 valence electrons. The minimum atomic E-state index is 0.0423. The lowest BCUT2D eigenvalue weighted by Gasteiger charge is -2.31. The van der Waals surface area contributed by atoms with Crippen LogP contribution in [-0.4, -0.2) is 28.9 Å². The molecule has 0 unspecified atom stereocenters. The Hall–Kier alpha value is -0.900. The van der Waals surface area contributed by atoms with Crippen LogP contribution in [0.2, 0.25) is 0 Å². The minimum absolute atomic E-state index is 0.0423. The Morgan fingerprint density at radius 3 is 2.82 bits per heavy atom. The number of carbonyl (C=O) groups is 1. The highest BCUT2D eigenvalue weighted by Gasteiger charge is 2.23. The van der Waals surface area contributed by atoms with Crippen molar-refractivity contribution in [3.05, 3.63) is 28.5 Å². The fourth-order valence-corrected chi connectivity index (χ4v) is 2.38. The van der Waals surface area contributed by atoms with Gasteiger partial charge in [-0.1, -0.05) is 12.5 Å².